The Bertz CT molecular complexity index is 656. The molecule has 2 aromatic carbocycles. The number of anilines is 1. The number of hydrogen-bond donors (Lipinski definition) is 0. The second-order valence-corrected chi connectivity index (χ2v) is 6.83. The lowest BCUT2D eigenvalue weighted by Gasteiger charge is -2.36. The van der Waals surface area contributed by atoms with Crippen LogP contribution >= 0.6 is 0 Å². The lowest BCUT2D eigenvalue weighted by atomic mass is 10.00. The van der Waals surface area contributed by atoms with Crippen LogP contribution in [0.5, 0.6) is 0 Å². The van der Waals surface area contributed by atoms with Gasteiger partial charge in [0.05, 0.1) is 13.1 Å². The number of likely N-dealkylation sites (tertiary alicyclic amines) is 1. The Labute approximate surface area is 151 Å². The summed E-state index contributed by atoms with van der Waals surface area (Å²) in [4.78, 5) is 17.5. The molecule has 0 aromatic heterocycles. The van der Waals surface area contributed by atoms with Gasteiger partial charge < -0.3 is 4.90 Å². The topological polar surface area (TPSA) is 23.6 Å². The predicted molar refractivity (Wildman–Crippen MR) is 104 cm³/mol. The van der Waals surface area contributed by atoms with Crippen molar-refractivity contribution in [3.05, 3.63) is 66.2 Å². The maximum Gasteiger partial charge on any atom is 0.241 e. The van der Waals surface area contributed by atoms with Gasteiger partial charge >= 0.3 is 0 Å². The van der Waals surface area contributed by atoms with Gasteiger partial charge in [0.25, 0.3) is 0 Å². The van der Waals surface area contributed by atoms with E-state index in [0.717, 1.165) is 24.2 Å². The number of nitrogens with zero attached hydrogens (tertiary/aromatic N) is 2. The largest absolute Gasteiger partial charge is 0.307 e. The Morgan fingerprint density at radius 2 is 1.72 bits per heavy atom. The standard InChI is InChI=1S/C22H28N2O/c1-2-20-13-9-10-16-23(20)18-22(25)24(21-14-7-4-8-15-21)17-19-11-5-3-6-12-19/h3-8,11-12,14-15,20H,2,9-10,13,16-18H2,1H3. The number of piperidine rings is 1. The number of carbonyl (C=O) groups excluding carboxylic acids is 1. The molecule has 3 nitrogen and oxygen atoms in total. The Morgan fingerprint density at radius 3 is 2.40 bits per heavy atom. The van der Waals surface area contributed by atoms with Crippen molar-refractivity contribution in [1.82, 2.24) is 4.90 Å². The van der Waals surface area contributed by atoms with Crippen LogP contribution in [0.25, 0.3) is 0 Å². The highest BCUT2D eigenvalue weighted by Gasteiger charge is 2.25. The third-order valence-electron chi connectivity index (χ3n) is 5.11. The lowest BCUT2D eigenvalue weighted by Crippen LogP contribution is -2.46. The average molecular weight is 336 g/mol. The minimum Gasteiger partial charge on any atom is -0.307 e. The molecule has 0 radical (unpaired) electrons. The van der Waals surface area contributed by atoms with Gasteiger partial charge in [-0.05, 0) is 43.5 Å². The average Bonchev–Trinajstić information content (AvgIpc) is 2.68. The third kappa shape index (κ3) is 4.70. The second-order valence-electron chi connectivity index (χ2n) is 6.83. The van der Waals surface area contributed by atoms with Crippen molar-refractivity contribution in [3.63, 3.8) is 0 Å². The van der Waals surface area contributed by atoms with E-state index >= 15 is 0 Å². The van der Waals surface area contributed by atoms with Crippen LogP contribution in [0.3, 0.4) is 0 Å². The Hall–Kier alpha value is -2.13. The minimum atomic E-state index is 0.190. The van der Waals surface area contributed by atoms with E-state index in [4.69, 9.17) is 0 Å². The van der Waals surface area contributed by atoms with Crippen molar-refractivity contribution in [2.45, 2.75) is 45.2 Å². The van der Waals surface area contributed by atoms with Crippen LogP contribution in [0.15, 0.2) is 60.7 Å². The zero-order valence-corrected chi connectivity index (χ0v) is 15.1. The quantitative estimate of drug-likeness (QED) is 0.776. The van der Waals surface area contributed by atoms with Gasteiger partial charge in [-0.15, -0.1) is 0 Å². The van der Waals surface area contributed by atoms with Gasteiger partial charge in [0.1, 0.15) is 0 Å². The fraction of sp³-hybridized carbons (Fsp3) is 0.409. The molecule has 3 rings (SSSR count). The highest BCUT2D eigenvalue weighted by atomic mass is 16.2. The molecule has 1 fully saturated rings. The third-order valence-corrected chi connectivity index (χ3v) is 5.11. The van der Waals surface area contributed by atoms with Crippen LogP contribution in [0.1, 0.15) is 38.2 Å². The van der Waals surface area contributed by atoms with Crippen LogP contribution in [-0.4, -0.2) is 29.9 Å². The second kappa shape index (κ2) is 8.82. The molecule has 1 atom stereocenters. The molecule has 0 saturated carbocycles. The lowest BCUT2D eigenvalue weighted by molar-refractivity contribution is -0.120. The summed E-state index contributed by atoms with van der Waals surface area (Å²) < 4.78 is 0. The molecule has 1 unspecified atom stereocenters. The van der Waals surface area contributed by atoms with Gasteiger partial charge in [-0.3, -0.25) is 9.69 Å². The maximum absolute atomic E-state index is 13.2. The van der Waals surface area contributed by atoms with Gasteiger partial charge in [0.2, 0.25) is 5.91 Å². The van der Waals surface area contributed by atoms with Crippen molar-refractivity contribution in [2.24, 2.45) is 0 Å². The molecule has 2 aromatic rings. The van der Waals surface area contributed by atoms with Crippen LogP contribution in [-0.2, 0) is 11.3 Å². The number of benzene rings is 2. The first-order chi connectivity index (χ1) is 12.3. The minimum absolute atomic E-state index is 0.190. The summed E-state index contributed by atoms with van der Waals surface area (Å²) in [5.74, 6) is 0.190. The van der Waals surface area contributed by atoms with Crippen molar-refractivity contribution >= 4 is 11.6 Å². The summed E-state index contributed by atoms with van der Waals surface area (Å²) >= 11 is 0. The van der Waals surface area contributed by atoms with Crippen LogP contribution in [0, 0.1) is 0 Å². The zero-order valence-electron chi connectivity index (χ0n) is 15.1. The first kappa shape index (κ1) is 17.7. The number of hydrogen-bond acceptors (Lipinski definition) is 2. The fourth-order valence-corrected chi connectivity index (χ4v) is 3.69. The molecule has 132 valence electrons. The fourth-order valence-electron chi connectivity index (χ4n) is 3.69. The number of carbonyl (C=O) groups is 1. The molecule has 0 spiro atoms. The Kier molecular flexibility index (Phi) is 6.24. The zero-order chi connectivity index (χ0) is 17.5. The van der Waals surface area contributed by atoms with E-state index in [1.807, 2.05) is 53.4 Å². The predicted octanol–water partition coefficient (Wildman–Crippen LogP) is 4.48. The van der Waals surface area contributed by atoms with Crippen LogP contribution in [0.4, 0.5) is 5.69 Å². The van der Waals surface area contributed by atoms with Gasteiger partial charge in [0.15, 0.2) is 0 Å². The molecular weight excluding hydrogens is 308 g/mol. The van der Waals surface area contributed by atoms with E-state index in [2.05, 4.69) is 24.0 Å². The van der Waals surface area contributed by atoms with Crippen molar-refractivity contribution in [1.29, 1.82) is 0 Å². The van der Waals surface area contributed by atoms with Crippen molar-refractivity contribution in [3.8, 4) is 0 Å². The monoisotopic (exact) mass is 336 g/mol. The van der Waals surface area contributed by atoms with E-state index in [1.54, 1.807) is 0 Å². The molecular formula is C22H28N2O. The van der Waals surface area contributed by atoms with E-state index in [0.29, 0.717) is 19.1 Å². The number of para-hydroxylation sites is 1. The summed E-state index contributed by atoms with van der Waals surface area (Å²) in [6.07, 6.45) is 4.83. The normalized spacial score (nSPS) is 18.0. The molecule has 0 aliphatic carbocycles. The van der Waals surface area contributed by atoms with E-state index in [-0.39, 0.29) is 5.91 Å². The maximum atomic E-state index is 13.2. The highest BCUT2D eigenvalue weighted by molar-refractivity contribution is 5.94. The Balaban J connectivity index is 1.77. The first-order valence-electron chi connectivity index (χ1n) is 9.41. The SMILES string of the molecule is CCC1CCCCN1CC(=O)N(Cc1ccccc1)c1ccccc1. The molecule has 25 heavy (non-hydrogen) atoms. The van der Waals surface area contributed by atoms with E-state index in [9.17, 15) is 4.79 Å². The summed E-state index contributed by atoms with van der Waals surface area (Å²) in [6.45, 7) is 4.40. The number of rotatable bonds is 6. The smallest absolute Gasteiger partial charge is 0.241 e. The van der Waals surface area contributed by atoms with E-state index in [1.165, 1.54) is 19.3 Å². The molecule has 1 saturated heterocycles. The van der Waals surface area contributed by atoms with Crippen LogP contribution < -0.4 is 4.90 Å². The molecule has 1 aliphatic rings. The Morgan fingerprint density at radius 1 is 1.04 bits per heavy atom. The highest BCUT2D eigenvalue weighted by Crippen LogP contribution is 2.22. The van der Waals surface area contributed by atoms with Gasteiger partial charge in [-0.1, -0.05) is 61.9 Å². The van der Waals surface area contributed by atoms with Gasteiger partial charge in [-0.2, -0.15) is 0 Å². The summed E-state index contributed by atoms with van der Waals surface area (Å²) in [5.41, 5.74) is 2.13. The molecule has 1 aliphatic heterocycles. The van der Waals surface area contributed by atoms with Crippen LogP contribution in [0.2, 0.25) is 0 Å². The van der Waals surface area contributed by atoms with Gasteiger partial charge in [-0.25, -0.2) is 0 Å². The summed E-state index contributed by atoms with van der Waals surface area (Å²) in [5, 5.41) is 0. The summed E-state index contributed by atoms with van der Waals surface area (Å²) in [7, 11) is 0. The van der Waals surface area contributed by atoms with Crippen molar-refractivity contribution in [2.75, 3.05) is 18.0 Å². The molecule has 3 heteroatoms. The summed E-state index contributed by atoms with van der Waals surface area (Å²) in [6, 6.07) is 20.8. The molecule has 1 heterocycles. The molecule has 0 N–H and O–H groups in total. The van der Waals surface area contributed by atoms with E-state index < -0.39 is 0 Å². The molecule has 0 bridgehead atoms. The molecule has 1 amide bonds. The van der Waals surface area contributed by atoms with Crippen molar-refractivity contribution < 1.29 is 4.79 Å². The van der Waals surface area contributed by atoms with Gasteiger partial charge in [0, 0.05) is 11.7 Å². The first-order valence-corrected chi connectivity index (χ1v) is 9.41. The number of amides is 1.